The molecular weight excluding hydrogens is 507 g/mol. The number of carbonyl (C=O) groups excluding carboxylic acids is 1. The molecule has 31 heavy (non-hydrogen) atoms. The second kappa shape index (κ2) is 11.9. The van der Waals surface area contributed by atoms with E-state index in [1.54, 1.807) is 13.2 Å². The second-order valence-electron chi connectivity index (χ2n) is 8.73. The summed E-state index contributed by atoms with van der Waals surface area (Å²) in [4.78, 5) is 16.3. The molecule has 1 heterocycles. The van der Waals surface area contributed by atoms with Gasteiger partial charge in [0.1, 0.15) is 5.60 Å². The van der Waals surface area contributed by atoms with Crippen molar-refractivity contribution >= 4 is 36.0 Å². The molecule has 0 bridgehead atoms. The number of rotatable bonds is 7. The molecule has 0 saturated carbocycles. The van der Waals surface area contributed by atoms with E-state index in [0.29, 0.717) is 12.5 Å². The summed E-state index contributed by atoms with van der Waals surface area (Å²) in [5.74, 6) is 0.683. The molecule has 0 aliphatic carbocycles. The molecule has 2 aromatic rings. The Morgan fingerprint density at radius 3 is 2.35 bits per heavy atom. The van der Waals surface area contributed by atoms with E-state index in [1.165, 1.54) is 5.56 Å². The number of benzene rings is 1. The van der Waals surface area contributed by atoms with Gasteiger partial charge in [0.25, 0.3) is 0 Å². The highest BCUT2D eigenvalue weighted by atomic mass is 127. The summed E-state index contributed by atoms with van der Waals surface area (Å²) in [5, 5.41) is 13.7. The van der Waals surface area contributed by atoms with Crippen LogP contribution < -0.4 is 16.0 Å². The van der Waals surface area contributed by atoms with Gasteiger partial charge in [0, 0.05) is 32.5 Å². The predicted molar refractivity (Wildman–Crippen MR) is 135 cm³/mol. The largest absolute Gasteiger partial charge is 0.444 e. The third-order valence-corrected chi connectivity index (χ3v) is 4.17. The van der Waals surface area contributed by atoms with Gasteiger partial charge in [-0.1, -0.05) is 12.1 Å². The van der Waals surface area contributed by atoms with E-state index < -0.39 is 17.2 Å². The van der Waals surface area contributed by atoms with E-state index in [1.807, 2.05) is 51.6 Å². The molecular formula is C22H35IN6O2. The molecule has 3 N–H and O–H groups in total. The lowest BCUT2D eigenvalue weighted by Gasteiger charge is -2.29. The first-order valence-electron chi connectivity index (χ1n) is 10.1. The van der Waals surface area contributed by atoms with E-state index in [9.17, 15) is 4.79 Å². The van der Waals surface area contributed by atoms with Crippen LogP contribution in [-0.2, 0) is 11.2 Å². The third kappa shape index (κ3) is 10.0. The molecule has 9 heteroatoms. The highest BCUT2D eigenvalue weighted by molar-refractivity contribution is 14.0. The normalized spacial score (nSPS) is 12.0. The third-order valence-electron chi connectivity index (χ3n) is 4.17. The van der Waals surface area contributed by atoms with Gasteiger partial charge in [-0.25, -0.2) is 9.48 Å². The lowest BCUT2D eigenvalue weighted by Crippen LogP contribution is -2.54. The molecule has 0 saturated heterocycles. The molecule has 1 aromatic carbocycles. The maximum absolute atomic E-state index is 12.0. The summed E-state index contributed by atoms with van der Waals surface area (Å²) in [5.41, 5.74) is 1.24. The van der Waals surface area contributed by atoms with Crippen molar-refractivity contribution in [1.82, 2.24) is 25.7 Å². The monoisotopic (exact) mass is 542 g/mol. The summed E-state index contributed by atoms with van der Waals surface area (Å²) in [6, 6.07) is 10.2. The molecule has 2 rings (SSSR count). The van der Waals surface area contributed by atoms with Gasteiger partial charge < -0.3 is 20.7 Å². The van der Waals surface area contributed by atoms with Gasteiger partial charge in [0.2, 0.25) is 0 Å². The SMILES string of the molecule is CN=C(NCCc1ccc(-n2cccn2)cc1)NCC(C)(C)NC(=O)OC(C)(C)C.I. The lowest BCUT2D eigenvalue weighted by atomic mass is 10.1. The zero-order valence-corrected chi connectivity index (χ0v) is 21.6. The fourth-order valence-electron chi connectivity index (χ4n) is 2.71. The van der Waals surface area contributed by atoms with Crippen molar-refractivity contribution < 1.29 is 9.53 Å². The van der Waals surface area contributed by atoms with Crippen molar-refractivity contribution in [2.24, 2.45) is 4.99 Å². The van der Waals surface area contributed by atoms with Crippen LogP contribution in [-0.4, -0.2) is 53.1 Å². The van der Waals surface area contributed by atoms with Gasteiger partial charge in [0.15, 0.2) is 5.96 Å². The molecule has 1 aromatic heterocycles. The number of nitrogens with one attached hydrogen (secondary N) is 3. The van der Waals surface area contributed by atoms with Crippen molar-refractivity contribution in [3.8, 4) is 5.69 Å². The highest BCUT2D eigenvalue weighted by Crippen LogP contribution is 2.10. The Kier molecular flexibility index (Phi) is 10.3. The van der Waals surface area contributed by atoms with E-state index in [0.717, 1.165) is 18.7 Å². The fourth-order valence-corrected chi connectivity index (χ4v) is 2.71. The smallest absolute Gasteiger partial charge is 0.408 e. The summed E-state index contributed by atoms with van der Waals surface area (Å²) in [7, 11) is 1.72. The number of aliphatic imine (C=N–C) groups is 1. The van der Waals surface area contributed by atoms with Gasteiger partial charge in [-0.2, -0.15) is 5.10 Å². The van der Waals surface area contributed by atoms with Gasteiger partial charge in [0.05, 0.1) is 11.2 Å². The predicted octanol–water partition coefficient (Wildman–Crippen LogP) is 3.50. The minimum atomic E-state index is -0.526. The number of nitrogens with zero attached hydrogens (tertiary/aromatic N) is 3. The molecule has 1 amide bonds. The highest BCUT2D eigenvalue weighted by Gasteiger charge is 2.24. The van der Waals surface area contributed by atoms with Crippen LogP contribution in [0, 0.1) is 0 Å². The number of aromatic nitrogens is 2. The van der Waals surface area contributed by atoms with Crippen molar-refractivity contribution in [2.75, 3.05) is 20.1 Å². The van der Waals surface area contributed by atoms with Gasteiger partial charge in [-0.15, -0.1) is 24.0 Å². The molecule has 8 nitrogen and oxygen atoms in total. The Morgan fingerprint density at radius 2 is 1.81 bits per heavy atom. The molecule has 0 aliphatic rings. The standard InChI is InChI=1S/C22H34N6O2.HI/c1-21(2,3)30-20(29)27-22(4,5)16-25-19(23-6)24-14-12-17-8-10-18(11-9-17)28-15-7-13-26-28;/h7-11,13,15H,12,14,16H2,1-6H3,(H,27,29)(H2,23,24,25);1H. The molecule has 0 radical (unpaired) electrons. The van der Waals surface area contributed by atoms with E-state index in [4.69, 9.17) is 4.74 Å². The number of ether oxygens (including phenoxy) is 1. The van der Waals surface area contributed by atoms with E-state index in [2.05, 4.69) is 50.3 Å². The zero-order valence-electron chi connectivity index (χ0n) is 19.2. The minimum absolute atomic E-state index is 0. The first-order valence-corrected chi connectivity index (χ1v) is 10.1. The Labute approximate surface area is 202 Å². The van der Waals surface area contributed by atoms with Crippen LogP contribution >= 0.6 is 24.0 Å². The van der Waals surface area contributed by atoms with Crippen molar-refractivity contribution in [3.63, 3.8) is 0 Å². The Bertz CT molecular complexity index is 827. The van der Waals surface area contributed by atoms with Crippen molar-refractivity contribution in [3.05, 3.63) is 48.3 Å². The topological polar surface area (TPSA) is 92.6 Å². The quantitative estimate of drug-likeness (QED) is 0.283. The molecule has 0 atom stereocenters. The Hall–Kier alpha value is -2.30. The average molecular weight is 542 g/mol. The first kappa shape index (κ1) is 26.7. The number of amides is 1. The van der Waals surface area contributed by atoms with Gasteiger partial charge in [-0.3, -0.25) is 4.99 Å². The number of halogens is 1. The van der Waals surface area contributed by atoms with Crippen LogP contribution in [0.15, 0.2) is 47.7 Å². The van der Waals surface area contributed by atoms with Crippen LogP contribution in [0.25, 0.3) is 5.69 Å². The molecule has 172 valence electrons. The van der Waals surface area contributed by atoms with Crippen LogP contribution in [0.4, 0.5) is 4.79 Å². The summed E-state index contributed by atoms with van der Waals surface area (Å²) < 4.78 is 7.16. The molecule has 0 fully saturated rings. The maximum atomic E-state index is 12.0. The maximum Gasteiger partial charge on any atom is 0.408 e. The molecule has 0 unspecified atom stereocenters. The lowest BCUT2D eigenvalue weighted by molar-refractivity contribution is 0.0474. The number of alkyl carbamates (subject to hydrolysis) is 1. The first-order chi connectivity index (χ1) is 14.1. The minimum Gasteiger partial charge on any atom is -0.444 e. The van der Waals surface area contributed by atoms with Crippen molar-refractivity contribution in [2.45, 2.75) is 52.2 Å². The average Bonchev–Trinajstić information content (AvgIpc) is 3.17. The summed E-state index contributed by atoms with van der Waals surface area (Å²) in [6.45, 7) is 10.6. The Morgan fingerprint density at radius 1 is 1.13 bits per heavy atom. The number of hydrogen-bond acceptors (Lipinski definition) is 4. The number of guanidine groups is 1. The van der Waals surface area contributed by atoms with E-state index >= 15 is 0 Å². The summed E-state index contributed by atoms with van der Waals surface area (Å²) >= 11 is 0. The Balaban J connectivity index is 0.00000480. The molecule has 0 spiro atoms. The van der Waals surface area contributed by atoms with Crippen LogP contribution in [0.1, 0.15) is 40.2 Å². The van der Waals surface area contributed by atoms with Crippen LogP contribution in [0.5, 0.6) is 0 Å². The van der Waals surface area contributed by atoms with Crippen LogP contribution in [0.3, 0.4) is 0 Å². The second-order valence-corrected chi connectivity index (χ2v) is 8.73. The number of hydrogen-bond donors (Lipinski definition) is 3. The zero-order chi connectivity index (χ0) is 22.2. The van der Waals surface area contributed by atoms with Crippen LogP contribution in [0.2, 0.25) is 0 Å². The fraction of sp³-hybridized carbons (Fsp3) is 0.500. The van der Waals surface area contributed by atoms with Crippen molar-refractivity contribution in [1.29, 1.82) is 0 Å². The summed E-state index contributed by atoms with van der Waals surface area (Å²) in [6.07, 6.45) is 4.11. The number of carbonyl (C=O) groups is 1. The van der Waals surface area contributed by atoms with Gasteiger partial charge in [-0.05, 0) is 64.8 Å². The van der Waals surface area contributed by atoms with Gasteiger partial charge >= 0.3 is 6.09 Å². The molecule has 0 aliphatic heterocycles. The van der Waals surface area contributed by atoms with E-state index in [-0.39, 0.29) is 24.0 Å².